The van der Waals surface area contributed by atoms with Crippen molar-refractivity contribution in [2.45, 2.75) is 32.3 Å². The van der Waals surface area contributed by atoms with Gasteiger partial charge < -0.3 is 0 Å². The first kappa shape index (κ1) is 8.01. The molecule has 0 aromatic rings. The monoisotopic (exact) mass is 164 g/mol. The van der Waals surface area contributed by atoms with Gasteiger partial charge in [-0.1, -0.05) is 19.8 Å². The molecular formula is C6H12O3S. The van der Waals surface area contributed by atoms with Crippen LogP contribution in [0.4, 0.5) is 0 Å². The molecule has 0 bridgehead atoms. The lowest BCUT2D eigenvalue weighted by molar-refractivity contribution is 0.167. The van der Waals surface area contributed by atoms with Gasteiger partial charge in [0.1, 0.15) is 5.75 Å². The van der Waals surface area contributed by atoms with Crippen molar-refractivity contribution in [3.63, 3.8) is 0 Å². The summed E-state index contributed by atoms with van der Waals surface area (Å²) in [6, 6.07) is 0. The third-order valence-corrected chi connectivity index (χ3v) is 2.90. The summed E-state index contributed by atoms with van der Waals surface area (Å²) in [5, 5.41) is 0. The van der Waals surface area contributed by atoms with Crippen molar-refractivity contribution in [3.8, 4) is 0 Å². The lowest BCUT2D eigenvalue weighted by atomic mass is 10.2. The van der Waals surface area contributed by atoms with E-state index in [4.69, 9.17) is 0 Å². The third-order valence-electron chi connectivity index (χ3n) is 1.55. The number of hydrogen-bond donors (Lipinski definition) is 0. The van der Waals surface area contributed by atoms with Gasteiger partial charge >= 0.3 is 0 Å². The first-order chi connectivity index (χ1) is 4.64. The van der Waals surface area contributed by atoms with Crippen LogP contribution in [-0.4, -0.2) is 20.3 Å². The fourth-order valence-corrected chi connectivity index (χ4v) is 2.11. The summed E-state index contributed by atoms with van der Waals surface area (Å²) in [5.74, 6) is 0.229. The van der Waals surface area contributed by atoms with E-state index in [2.05, 4.69) is 11.1 Å². The van der Waals surface area contributed by atoms with Gasteiger partial charge in [-0.2, -0.15) is 8.42 Å². The highest BCUT2D eigenvalue weighted by molar-refractivity contribution is 7.87. The second-order valence-corrected chi connectivity index (χ2v) is 4.23. The summed E-state index contributed by atoms with van der Waals surface area (Å²) in [4.78, 5) is 0. The molecule has 1 rings (SSSR count). The molecule has 0 aromatic heterocycles. The summed E-state index contributed by atoms with van der Waals surface area (Å²) in [7, 11) is -3.06. The zero-order valence-electron chi connectivity index (χ0n) is 6.04. The van der Waals surface area contributed by atoms with Gasteiger partial charge in [0.2, 0.25) is 0 Å². The quantitative estimate of drug-likeness (QED) is 0.582. The highest BCUT2D eigenvalue weighted by Gasteiger charge is 2.33. The standard InChI is InChI=1S/C6H12O3S/c1-2-3-4-6-5-10(7,8)9-6/h6H,2-5H2,1H3. The van der Waals surface area contributed by atoms with E-state index in [9.17, 15) is 8.42 Å². The Kier molecular flexibility index (Phi) is 2.31. The second kappa shape index (κ2) is 2.88. The van der Waals surface area contributed by atoms with E-state index in [1.54, 1.807) is 0 Å². The lowest BCUT2D eigenvalue weighted by Crippen LogP contribution is -2.38. The predicted molar refractivity (Wildman–Crippen MR) is 38.2 cm³/mol. The molecule has 0 aromatic carbocycles. The molecule has 1 unspecified atom stereocenters. The van der Waals surface area contributed by atoms with Crippen molar-refractivity contribution in [3.05, 3.63) is 0 Å². The minimum Gasteiger partial charge on any atom is -0.266 e. The molecule has 1 atom stereocenters. The number of unbranched alkanes of at least 4 members (excludes halogenated alkanes) is 1. The van der Waals surface area contributed by atoms with Crippen LogP contribution in [0, 0.1) is 0 Å². The third kappa shape index (κ3) is 1.95. The Balaban J connectivity index is 2.15. The van der Waals surface area contributed by atoms with Crippen molar-refractivity contribution >= 4 is 10.1 Å². The first-order valence-electron chi connectivity index (χ1n) is 3.55. The molecule has 0 spiro atoms. The average Bonchev–Trinajstić information content (AvgIpc) is 1.78. The van der Waals surface area contributed by atoms with Crippen molar-refractivity contribution < 1.29 is 12.6 Å². The molecule has 0 radical (unpaired) electrons. The molecule has 0 amide bonds. The predicted octanol–water partition coefficient (Wildman–Crippen LogP) is 0.905. The van der Waals surface area contributed by atoms with E-state index >= 15 is 0 Å². The maximum Gasteiger partial charge on any atom is 0.270 e. The maximum atomic E-state index is 10.4. The molecule has 3 nitrogen and oxygen atoms in total. The van der Waals surface area contributed by atoms with E-state index in [1.807, 2.05) is 0 Å². The normalized spacial score (nSPS) is 29.5. The summed E-state index contributed by atoms with van der Waals surface area (Å²) in [6.45, 7) is 2.08. The number of rotatable bonds is 3. The van der Waals surface area contributed by atoms with E-state index < -0.39 is 10.1 Å². The molecule has 4 heteroatoms. The van der Waals surface area contributed by atoms with E-state index in [0.29, 0.717) is 0 Å². The van der Waals surface area contributed by atoms with Gasteiger partial charge in [0.05, 0.1) is 6.10 Å². The smallest absolute Gasteiger partial charge is 0.266 e. The highest BCUT2D eigenvalue weighted by atomic mass is 32.2. The Morgan fingerprint density at radius 3 is 2.60 bits per heavy atom. The first-order valence-corrected chi connectivity index (χ1v) is 5.13. The molecule has 60 valence electrons. The zero-order chi connectivity index (χ0) is 7.61. The van der Waals surface area contributed by atoms with Gasteiger partial charge in [-0.05, 0) is 6.42 Å². The van der Waals surface area contributed by atoms with Gasteiger partial charge in [0, 0.05) is 0 Å². The van der Waals surface area contributed by atoms with Crippen molar-refractivity contribution in [1.82, 2.24) is 0 Å². The molecular weight excluding hydrogens is 152 g/mol. The topological polar surface area (TPSA) is 43.4 Å². The van der Waals surface area contributed by atoms with Crippen LogP contribution in [-0.2, 0) is 14.3 Å². The molecule has 10 heavy (non-hydrogen) atoms. The Hall–Kier alpha value is -0.0900. The molecule has 1 aliphatic heterocycles. The van der Waals surface area contributed by atoms with E-state index in [1.165, 1.54) is 0 Å². The summed E-state index contributed by atoms with van der Waals surface area (Å²) in [5.41, 5.74) is 0. The molecule has 0 aliphatic carbocycles. The number of hydrogen-bond acceptors (Lipinski definition) is 3. The van der Waals surface area contributed by atoms with Gasteiger partial charge in [-0.3, -0.25) is 4.18 Å². The average molecular weight is 164 g/mol. The van der Waals surface area contributed by atoms with Crippen LogP contribution in [0.5, 0.6) is 0 Å². The Bertz CT molecular complexity index is 183. The summed E-state index contributed by atoms with van der Waals surface area (Å²) in [6.07, 6.45) is 3.03. The van der Waals surface area contributed by atoms with E-state index in [-0.39, 0.29) is 11.9 Å². The molecule has 1 aliphatic rings. The molecule has 1 fully saturated rings. The van der Waals surface area contributed by atoms with Crippen LogP contribution in [0.2, 0.25) is 0 Å². The van der Waals surface area contributed by atoms with E-state index in [0.717, 1.165) is 19.3 Å². The minimum atomic E-state index is -3.06. The van der Waals surface area contributed by atoms with Crippen molar-refractivity contribution in [2.24, 2.45) is 0 Å². The van der Waals surface area contributed by atoms with Crippen molar-refractivity contribution in [2.75, 3.05) is 5.75 Å². The summed E-state index contributed by atoms with van der Waals surface area (Å²) >= 11 is 0. The van der Waals surface area contributed by atoms with Crippen LogP contribution in [0.1, 0.15) is 26.2 Å². The fourth-order valence-electron chi connectivity index (χ4n) is 0.990. The van der Waals surface area contributed by atoms with Gasteiger partial charge in [0.15, 0.2) is 0 Å². The lowest BCUT2D eigenvalue weighted by Gasteiger charge is -2.25. The second-order valence-electron chi connectivity index (χ2n) is 2.58. The van der Waals surface area contributed by atoms with Crippen LogP contribution in [0.15, 0.2) is 0 Å². The molecule has 1 saturated heterocycles. The van der Waals surface area contributed by atoms with Crippen LogP contribution < -0.4 is 0 Å². The Morgan fingerprint density at radius 1 is 1.60 bits per heavy atom. The zero-order valence-corrected chi connectivity index (χ0v) is 6.86. The highest BCUT2D eigenvalue weighted by Crippen LogP contribution is 2.20. The van der Waals surface area contributed by atoms with Crippen molar-refractivity contribution in [1.29, 1.82) is 0 Å². The van der Waals surface area contributed by atoms with Gasteiger partial charge in [-0.15, -0.1) is 0 Å². The Morgan fingerprint density at radius 2 is 2.20 bits per heavy atom. The largest absolute Gasteiger partial charge is 0.270 e. The summed E-state index contributed by atoms with van der Waals surface area (Å²) < 4.78 is 25.5. The molecule has 0 N–H and O–H groups in total. The molecule has 0 saturated carbocycles. The molecule has 1 heterocycles. The van der Waals surface area contributed by atoms with Crippen LogP contribution in [0.25, 0.3) is 0 Å². The van der Waals surface area contributed by atoms with Crippen LogP contribution in [0.3, 0.4) is 0 Å². The van der Waals surface area contributed by atoms with Gasteiger partial charge in [0.25, 0.3) is 10.1 Å². The Labute approximate surface area is 61.5 Å². The maximum absolute atomic E-state index is 10.4. The van der Waals surface area contributed by atoms with Gasteiger partial charge in [-0.25, -0.2) is 0 Å². The fraction of sp³-hybridized carbons (Fsp3) is 1.00. The SMILES string of the molecule is CCCCC1CS(=O)(=O)O1. The van der Waals surface area contributed by atoms with Crippen LogP contribution >= 0.6 is 0 Å². The minimum absolute atomic E-state index is 0.00931.